The minimum atomic E-state index is 0.147. The highest BCUT2D eigenvalue weighted by Crippen LogP contribution is 2.25. The monoisotopic (exact) mass is 405 g/mol. The third-order valence-electron chi connectivity index (χ3n) is 5.73. The third-order valence-corrected chi connectivity index (χ3v) is 5.73. The van der Waals surface area contributed by atoms with Crippen molar-refractivity contribution >= 4 is 16.7 Å². The maximum Gasteiger partial charge on any atom is 0.142 e. The van der Waals surface area contributed by atoms with E-state index in [0.29, 0.717) is 17.6 Å². The zero-order valence-corrected chi connectivity index (χ0v) is 18.4. The molecule has 1 aliphatic heterocycles. The summed E-state index contributed by atoms with van der Waals surface area (Å²) in [6.45, 7) is 9.91. The molecule has 0 amide bonds. The van der Waals surface area contributed by atoms with Crippen LogP contribution in [0.15, 0.2) is 36.8 Å². The smallest absolute Gasteiger partial charge is 0.142 e. The van der Waals surface area contributed by atoms with Gasteiger partial charge in [-0.05, 0) is 49.5 Å². The molecule has 3 aromatic rings. The Balaban J connectivity index is 1.43. The van der Waals surface area contributed by atoms with Crippen LogP contribution in [0.3, 0.4) is 0 Å². The maximum atomic E-state index is 12.9. The standard InChI is InChI=1S/C24H31N5O/c1-24(2,3)16-29-9-7-17(8-10-29)23(30)12-20-11-22-18(13-25-20)5-6-21(27-22)19-14-26-28(4)15-19/h5-6,11,13-15,17H,7-10,12,16H2,1-4H3. The van der Waals surface area contributed by atoms with Gasteiger partial charge in [0.2, 0.25) is 0 Å². The molecule has 0 aliphatic carbocycles. The Bertz CT molecular complexity index is 1040. The van der Waals surface area contributed by atoms with Gasteiger partial charge in [-0.15, -0.1) is 0 Å². The molecule has 0 bridgehead atoms. The van der Waals surface area contributed by atoms with Crippen LogP contribution in [0, 0.1) is 11.3 Å². The number of hydrogen-bond donors (Lipinski definition) is 0. The Morgan fingerprint density at radius 2 is 1.93 bits per heavy atom. The van der Waals surface area contributed by atoms with E-state index in [1.165, 1.54) is 0 Å². The van der Waals surface area contributed by atoms with Crippen molar-refractivity contribution in [2.45, 2.75) is 40.0 Å². The van der Waals surface area contributed by atoms with Gasteiger partial charge in [0.05, 0.1) is 17.4 Å². The summed E-state index contributed by atoms with van der Waals surface area (Å²) >= 11 is 0. The van der Waals surface area contributed by atoms with Crippen molar-refractivity contribution in [1.82, 2.24) is 24.6 Å². The number of rotatable bonds is 5. The second kappa shape index (κ2) is 8.26. The lowest BCUT2D eigenvalue weighted by atomic mass is 9.88. The summed E-state index contributed by atoms with van der Waals surface area (Å²) in [5, 5.41) is 5.20. The van der Waals surface area contributed by atoms with E-state index >= 15 is 0 Å². The number of piperidine rings is 1. The topological polar surface area (TPSA) is 63.9 Å². The minimum Gasteiger partial charge on any atom is -0.303 e. The highest BCUT2D eigenvalue weighted by Gasteiger charge is 2.27. The van der Waals surface area contributed by atoms with Gasteiger partial charge in [0, 0.05) is 55.0 Å². The van der Waals surface area contributed by atoms with E-state index in [9.17, 15) is 4.79 Å². The molecule has 6 nitrogen and oxygen atoms in total. The number of carbonyl (C=O) groups is 1. The molecule has 4 heterocycles. The van der Waals surface area contributed by atoms with Crippen LogP contribution < -0.4 is 0 Å². The molecule has 0 radical (unpaired) electrons. The Morgan fingerprint density at radius 1 is 1.17 bits per heavy atom. The third kappa shape index (κ3) is 4.93. The van der Waals surface area contributed by atoms with Crippen LogP contribution in [-0.2, 0) is 18.3 Å². The summed E-state index contributed by atoms with van der Waals surface area (Å²) in [6.07, 6.45) is 7.87. The number of aryl methyl sites for hydroxylation is 1. The Hall–Kier alpha value is -2.60. The van der Waals surface area contributed by atoms with Crippen molar-refractivity contribution in [3.63, 3.8) is 0 Å². The number of Topliss-reactive ketones (excluding diaryl/α,β-unsaturated/α-hetero) is 1. The Kier molecular flexibility index (Phi) is 5.69. The number of fused-ring (bicyclic) bond motifs is 1. The van der Waals surface area contributed by atoms with Gasteiger partial charge in [0.15, 0.2) is 0 Å². The second-order valence-corrected chi connectivity index (χ2v) is 9.72. The minimum absolute atomic E-state index is 0.147. The zero-order chi connectivity index (χ0) is 21.3. The molecule has 30 heavy (non-hydrogen) atoms. The Labute approximate surface area is 178 Å². The van der Waals surface area contributed by atoms with Crippen LogP contribution in [0.4, 0.5) is 0 Å². The van der Waals surface area contributed by atoms with Gasteiger partial charge < -0.3 is 4.90 Å². The molecule has 0 spiro atoms. The second-order valence-electron chi connectivity index (χ2n) is 9.72. The molecular weight excluding hydrogens is 374 g/mol. The average molecular weight is 406 g/mol. The van der Waals surface area contributed by atoms with Crippen molar-refractivity contribution in [1.29, 1.82) is 0 Å². The van der Waals surface area contributed by atoms with E-state index in [1.54, 1.807) is 4.68 Å². The number of pyridine rings is 2. The number of carbonyl (C=O) groups excluding carboxylic acids is 1. The van der Waals surface area contributed by atoms with Crippen molar-refractivity contribution in [2.24, 2.45) is 18.4 Å². The quantitative estimate of drug-likeness (QED) is 0.644. The fourth-order valence-corrected chi connectivity index (χ4v) is 4.28. The van der Waals surface area contributed by atoms with E-state index in [-0.39, 0.29) is 5.92 Å². The first-order chi connectivity index (χ1) is 14.3. The van der Waals surface area contributed by atoms with E-state index in [0.717, 1.165) is 60.3 Å². The van der Waals surface area contributed by atoms with Gasteiger partial charge in [-0.1, -0.05) is 20.8 Å². The molecular formula is C24H31N5O. The highest BCUT2D eigenvalue weighted by molar-refractivity contribution is 5.85. The first-order valence-electron chi connectivity index (χ1n) is 10.8. The van der Waals surface area contributed by atoms with Crippen molar-refractivity contribution in [2.75, 3.05) is 19.6 Å². The van der Waals surface area contributed by atoms with Crippen LogP contribution in [-0.4, -0.2) is 50.1 Å². The molecule has 4 rings (SSSR count). The molecule has 0 saturated carbocycles. The lowest BCUT2D eigenvalue weighted by molar-refractivity contribution is -0.123. The molecule has 1 saturated heterocycles. The molecule has 6 heteroatoms. The van der Waals surface area contributed by atoms with Crippen LogP contribution in [0.2, 0.25) is 0 Å². The first kappa shape index (κ1) is 20.7. The molecule has 3 aromatic heterocycles. The molecule has 0 N–H and O–H groups in total. The van der Waals surface area contributed by atoms with Gasteiger partial charge in [-0.3, -0.25) is 14.5 Å². The molecule has 0 unspecified atom stereocenters. The first-order valence-corrected chi connectivity index (χ1v) is 10.8. The summed E-state index contributed by atoms with van der Waals surface area (Å²) in [6, 6.07) is 5.97. The fraction of sp³-hybridized carbons (Fsp3) is 0.500. The Morgan fingerprint density at radius 3 is 2.60 bits per heavy atom. The summed E-state index contributed by atoms with van der Waals surface area (Å²) < 4.78 is 1.77. The lowest BCUT2D eigenvalue weighted by Gasteiger charge is -2.35. The van der Waals surface area contributed by atoms with Crippen LogP contribution in [0.25, 0.3) is 22.2 Å². The highest BCUT2D eigenvalue weighted by atomic mass is 16.1. The molecule has 0 aromatic carbocycles. The molecule has 0 atom stereocenters. The molecule has 1 fully saturated rings. The van der Waals surface area contributed by atoms with Crippen molar-refractivity contribution in [3.05, 3.63) is 42.5 Å². The predicted molar refractivity (Wildman–Crippen MR) is 119 cm³/mol. The van der Waals surface area contributed by atoms with E-state index in [2.05, 4.69) is 35.8 Å². The SMILES string of the molecule is Cn1cc(-c2ccc3cnc(CC(=O)C4CCN(CC(C)(C)C)CC4)cc3n2)cn1. The largest absolute Gasteiger partial charge is 0.303 e. The van der Waals surface area contributed by atoms with Gasteiger partial charge >= 0.3 is 0 Å². The maximum absolute atomic E-state index is 12.9. The van der Waals surface area contributed by atoms with Crippen LogP contribution >= 0.6 is 0 Å². The van der Waals surface area contributed by atoms with E-state index < -0.39 is 0 Å². The van der Waals surface area contributed by atoms with E-state index in [1.807, 2.05) is 43.8 Å². The summed E-state index contributed by atoms with van der Waals surface area (Å²) in [7, 11) is 1.89. The van der Waals surface area contributed by atoms with Gasteiger partial charge in [-0.25, -0.2) is 4.98 Å². The zero-order valence-electron chi connectivity index (χ0n) is 18.4. The van der Waals surface area contributed by atoms with Crippen molar-refractivity contribution < 1.29 is 4.79 Å². The van der Waals surface area contributed by atoms with Crippen LogP contribution in [0.1, 0.15) is 39.3 Å². The van der Waals surface area contributed by atoms with E-state index in [4.69, 9.17) is 4.98 Å². The number of ketones is 1. The summed E-state index contributed by atoms with van der Waals surface area (Å²) in [5.41, 5.74) is 3.84. The van der Waals surface area contributed by atoms with Gasteiger partial charge in [-0.2, -0.15) is 5.10 Å². The number of aromatic nitrogens is 4. The summed E-state index contributed by atoms with van der Waals surface area (Å²) in [4.78, 5) is 24.7. The fourth-order valence-electron chi connectivity index (χ4n) is 4.28. The molecule has 1 aliphatic rings. The summed E-state index contributed by atoms with van der Waals surface area (Å²) in [5.74, 6) is 0.453. The predicted octanol–water partition coefficient (Wildman–Crippen LogP) is 3.90. The van der Waals surface area contributed by atoms with Crippen LogP contribution in [0.5, 0.6) is 0 Å². The average Bonchev–Trinajstić information content (AvgIpc) is 3.13. The number of likely N-dealkylation sites (tertiary alicyclic amines) is 1. The number of nitrogens with zero attached hydrogens (tertiary/aromatic N) is 5. The lowest BCUT2D eigenvalue weighted by Crippen LogP contribution is -2.40. The van der Waals surface area contributed by atoms with Crippen molar-refractivity contribution in [3.8, 4) is 11.3 Å². The van der Waals surface area contributed by atoms with Gasteiger partial charge in [0.25, 0.3) is 0 Å². The van der Waals surface area contributed by atoms with Gasteiger partial charge in [0.1, 0.15) is 5.78 Å². The number of hydrogen-bond acceptors (Lipinski definition) is 5. The normalized spacial score (nSPS) is 16.3. The molecule has 158 valence electrons.